The van der Waals surface area contributed by atoms with Crippen molar-refractivity contribution in [2.24, 2.45) is 7.05 Å². The summed E-state index contributed by atoms with van der Waals surface area (Å²) in [6.07, 6.45) is 2.07. The minimum Gasteiger partial charge on any atom is -0.467 e. The molecule has 0 amide bonds. The summed E-state index contributed by atoms with van der Waals surface area (Å²) in [5.74, 6) is -0.555. The van der Waals surface area contributed by atoms with Crippen LogP contribution in [0.25, 0.3) is 38.0 Å². The number of furan rings is 1. The van der Waals surface area contributed by atoms with E-state index in [0.29, 0.717) is 11.2 Å². The molecule has 0 aliphatic rings. The second kappa shape index (κ2) is 5.42. The summed E-state index contributed by atoms with van der Waals surface area (Å²) >= 11 is 0. The Labute approximate surface area is 144 Å². The lowest BCUT2D eigenvalue weighted by Gasteiger charge is -2.07. The van der Waals surface area contributed by atoms with Crippen LogP contribution in [0.2, 0.25) is 0 Å². The second-order valence-electron chi connectivity index (χ2n) is 6.32. The van der Waals surface area contributed by atoms with Crippen LogP contribution in [-0.4, -0.2) is 0 Å². The Morgan fingerprint density at radius 1 is 1.08 bits per heavy atom. The van der Waals surface area contributed by atoms with Gasteiger partial charge in [-0.05, 0) is 37.6 Å². The van der Waals surface area contributed by atoms with Crippen molar-refractivity contribution >= 4 is 27.6 Å². The van der Waals surface area contributed by atoms with Crippen LogP contribution >= 0.6 is 0 Å². The normalized spacial score (nSPS) is 11.2. The topological polar surface area (TPSA) is 21.4 Å². The highest BCUT2D eigenvalue weighted by Gasteiger charge is 2.22. The Hall–Kier alpha value is -3.19. The maximum Gasteiger partial charge on any atom is 0.264 e. The van der Waals surface area contributed by atoms with E-state index in [9.17, 15) is 4.39 Å². The van der Waals surface area contributed by atoms with E-state index in [1.165, 1.54) is 11.6 Å². The predicted octanol–water partition coefficient (Wildman–Crippen LogP) is 5.38. The average Bonchev–Trinajstić information content (AvgIpc) is 2.94. The third-order valence-electron chi connectivity index (χ3n) is 4.59. The van der Waals surface area contributed by atoms with E-state index in [0.717, 1.165) is 27.6 Å². The highest BCUT2D eigenvalue weighted by Crippen LogP contribution is 2.41. The largest absolute Gasteiger partial charge is 0.467 e. The van der Waals surface area contributed by atoms with Crippen molar-refractivity contribution in [3.8, 4) is 11.3 Å². The maximum atomic E-state index is 14.0. The maximum absolute atomic E-state index is 14.0. The monoisotopic (exact) mass is 331 g/mol. The number of hydrogen-bond donors (Lipinski definition) is 0. The molecular formula is C21H16FN2O+. The van der Waals surface area contributed by atoms with Gasteiger partial charge in [-0.15, -0.1) is 0 Å². The van der Waals surface area contributed by atoms with Crippen molar-refractivity contribution in [3.63, 3.8) is 0 Å². The van der Waals surface area contributed by atoms with E-state index in [2.05, 4.69) is 34.7 Å². The number of pyridine rings is 1. The molecule has 0 unspecified atom stereocenters. The van der Waals surface area contributed by atoms with Gasteiger partial charge in [-0.1, -0.05) is 12.1 Å². The number of rotatable bonds is 1. The summed E-state index contributed by atoms with van der Waals surface area (Å²) in [5.41, 5.74) is 5.27. The van der Waals surface area contributed by atoms with E-state index in [4.69, 9.17) is 11.0 Å². The fourth-order valence-electron chi connectivity index (χ4n) is 3.44. The molecule has 4 rings (SSSR count). The molecule has 2 heterocycles. The average molecular weight is 331 g/mol. The SMILES string of the molecule is [C-]#[N+]c1c(F)ccc2c1oc1ccc(C)c(-c3ccc(C)c[n+]3C)c12. The number of aromatic nitrogens is 1. The zero-order valence-electron chi connectivity index (χ0n) is 14.2. The van der Waals surface area contributed by atoms with Crippen molar-refractivity contribution in [3.05, 3.63) is 71.0 Å². The van der Waals surface area contributed by atoms with Gasteiger partial charge in [-0.25, -0.2) is 13.8 Å². The van der Waals surface area contributed by atoms with Gasteiger partial charge in [0.05, 0.1) is 12.1 Å². The van der Waals surface area contributed by atoms with E-state index in [1.807, 2.05) is 26.1 Å². The van der Waals surface area contributed by atoms with Crippen LogP contribution < -0.4 is 4.57 Å². The highest BCUT2D eigenvalue weighted by molar-refractivity contribution is 6.15. The molecule has 2 aromatic heterocycles. The first kappa shape index (κ1) is 15.3. The molecular weight excluding hydrogens is 315 g/mol. The number of aryl methyl sites for hydroxylation is 3. The van der Waals surface area contributed by atoms with Gasteiger partial charge in [0, 0.05) is 22.4 Å². The third-order valence-corrected chi connectivity index (χ3v) is 4.59. The van der Waals surface area contributed by atoms with Crippen molar-refractivity contribution in [2.75, 3.05) is 0 Å². The van der Waals surface area contributed by atoms with Gasteiger partial charge >= 0.3 is 0 Å². The number of nitrogens with zero attached hydrogens (tertiary/aromatic N) is 2. The molecule has 0 bridgehead atoms. The Morgan fingerprint density at radius 3 is 2.60 bits per heavy atom. The van der Waals surface area contributed by atoms with Crippen LogP contribution in [0.1, 0.15) is 11.1 Å². The second-order valence-corrected chi connectivity index (χ2v) is 6.32. The molecule has 4 heteroatoms. The molecule has 4 aromatic rings. The predicted molar refractivity (Wildman–Crippen MR) is 96.0 cm³/mol. The first-order valence-electron chi connectivity index (χ1n) is 7.99. The number of fused-ring (bicyclic) bond motifs is 3. The fourth-order valence-corrected chi connectivity index (χ4v) is 3.44. The molecule has 122 valence electrons. The van der Waals surface area contributed by atoms with Crippen molar-refractivity contribution in [2.45, 2.75) is 13.8 Å². The fraction of sp³-hybridized carbons (Fsp3) is 0.143. The third kappa shape index (κ3) is 2.20. The van der Waals surface area contributed by atoms with Gasteiger partial charge in [-0.3, -0.25) is 0 Å². The van der Waals surface area contributed by atoms with E-state index in [-0.39, 0.29) is 5.69 Å². The minimum atomic E-state index is -0.555. The number of hydrogen-bond acceptors (Lipinski definition) is 1. The number of halogens is 1. The highest BCUT2D eigenvalue weighted by atomic mass is 19.1. The van der Waals surface area contributed by atoms with Crippen LogP contribution in [0.15, 0.2) is 47.0 Å². The van der Waals surface area contributed by atoms with Crippen molar-refractivity contribution < 1.29 is 13.4 Å². The standard InChI is InChI=1S/C21H16FN2O/c1-12-5-9-16(24(4)11-12)18-13(2)6-10-17-19(18)14-7-8-15(22)20(23-3)21(14)25-17/h5-11H,1-2,4H3/q+1. The molecule has 2 aromatic carbocycles. The molecule has 0 spiro atoms. The summed E-state index contributed by atoms with van der Waals surface area (Å²) in [7, 11) is 2.01. The van der Waals surface area contributed by atoms with E-state index in [1.54, 1.807) is 6.07 Å². The lowest BCUT2D eigenvalue weighted by Crippen LogP contribution is -2.31. The lowest BCUT2D eigenvalue weighted by molar-refractivity contribution is -0.660. The van der Waals surface area contributed by atoms with Gasteiger partial charge in [0.15, 0.2) is 6.20 Å². The van der Waals surface area contributed by atoms with Gasteiger partial charge in [0.1, 0.15) is 24.0 Å². The first-order valence-corrected chi connectivity index (χ1v) is 7.99. The molecule has 3 nitrogen and oxygen atoms in total. The molecule has 0 N–H and O–H groups in total. The van der Waals surface area contributed by atoms with Gasteiger partial charge in [-0.2, -0.15) is 0 Å². The molecule has 0 atom stereocenters. The van der Waals surface area contributed by atoms with Crippen LogP contribution in [0.4, 0.5) is 10.1 Å². The van der Waals surface area contributed by atoms with Gasteiger partial charge in [0.2, 0.25) is 5.69 Å². The summed E-state index contributed by atoms with van der Waals surface area (Å²) in [5, 5.41) is 1.68. The van der Waals surface area contributed by atoms with Crippen LogP contribution in [0, 0.1) is 26.2 Å². The Bertz CT molecular complexity index is 1200. The first-order chi connectivity index (χ1) is 12.0. The smallest absolute Gasteiger partial charge is 0.264 e. The van der Waals surface area contributed by atoms with Crippen LogP contribution in [0.5, 0.6) is 0 Å². The lowest BCUT2D eigenvalue weighted by atomic mass is 9.97. The summed E-state index contributed by atoms with van der Waals surface area (Å²) in [4.78, 5) is 3.32. The zero-order valence-corrected chi connectivity index (χ0v) is 14.2. The molecule has 0 aliphatic heterocycles. The van der Waals surface area contributed by atoms with Crippen molar-refractivity contribution in [1.82, 2.24) is 0 Å². The Kier molecular flexibility index (Phi) is 3.33. The molecule has 0 saturated carbocycles. The van der Waals surface area contributed by atoms with Gasteiger partial charge < -0.3 is 4.42 Å². The molecule has 0 aliphatic carbocycles. The van der Waals surface area contributed by atoms with E-state index >= 15 is 0 Å². The minimum absolute atomic E-state index is 0.0643. The van der Waals surface area contributed by atoms with E-state index < -0.39 is 5.82 Å². The summed E-state index contributed by atoms with van der Waals surface area (Å²) in [6.45, 7) is 11.4. The Morgan fingerprint density at radius 2 is 1.88 bits per heavy atom. The molecule has 25 heavy (non-hydrogen) atoms. The van der Waals surface area contributed by atoms with Crippen LogP contribution in [-0.2, 0) is 7.05 Å². The molecule has 0 saturated heterocycles. The van der Waals surface area contributed by atoms with Crippen LogP contribution in [0.3, 0.4) is 0 Å². The van der Waals surface area contributed by atoms with Crippen molar-refractivity contribution in [1.29, 1.82) is 0 Å². The molecule has 0 radical (unpaired) electrons. The summed E-state index contributed by atoms with van der Waals surface area (Å²) in [6, 6.07) is 11.1. The number of benzene rings is 2. The zero-order chi connectivity index (χ0) is 17.7. The Balaban J connectivity index is 2.20. The summed E-state index contributed by atoms with van der Waals surface area (Å²) < 4.78 is 21.9. The van der Waals surface area contributed by atoms with Gasteiger partial charge in [0.25, 0.3) is 5.69 Å². The quantitative estimate of drug-likeness (QED) is 0.339. The molecule has 0 fully saturated rings.